The highest BCUT2D eigenvalue weighted by molar-refractivity contribution is 7.99. The molecule has 2 rings (SSSR count). The average Bonchev–Trinajstić information content (AvgIpc) is 2.72. The molecule has 1 heterocycles. The van der Waals surface area contributed by atoms with Gasteiger partial charge in [0.2, 0.25) is 0 Å². The first-order chi connectivity index (χ1) is 8.22. The third kappa shape index (κ3) is 2.92. The second-order valence-electron chi connectivity index (χ2n) is 3.82. The lowest BCUT2D eigenvalue weighted by Crippen LogP contribution is -1.95. The highest BCUT2D eigenvalue weighted by Crippen LogP contribution is 2.35. The molecule has 0 spiro atoms. The second kappa shape index (κ2) is 5.71. The van der Waals surface area contributed by atoms with E-state index in [9.17, 15) is 5.11 Å². The highest BCUT2D eigenvalue weighted by atomic mass is 32.2. The molecule has 0 fully saturated rings. The topological polar surface area (TPSA) is 20.2 Å². The zero-order valence-electron chi connectivity index (χ0n) is 10.0. The van der Waals surface area contributed by atoms with Crippen LogP contribution in [0.3, 0.4) is 0 Å². The molecule has 2 aromatic rings. The van der Waals surface area contributed by atoms with Crippen molar-refractivity contribution < 1.29 is 5.11 Å². The Bertz CT molecular complexity index is 476. The van der Waals surface area contributed by atoms with Crippen molar-refractivity contribution in [2.24, 2.45) is 0 Å². The van der Waals surface area contributed by atoms with E-state index in [0.717, 1.165) is 16.2 Å². The van der Waals surface area contributed by atoms with Gasteiger partial charge in [0, 0.05) is 14.6 Å². The first kappa shape index (κ1) is 12.7. The van der Waals surface area contributed by atoms with Gasteiger partial charge in [0.15, 0.2) is 0 Å². The number of aryl methyl sites for hydroxylation is 1. The lowest BCUT2D eigenvalue weighted by Gasteiger charge is -2.07. The monoisotopic (exact) mass is 264 g/mol. The molecule has 3 heteroatoms. The van der Waals surface area contributed by atoms with E-state index in [1.54, 1.807) is 11.3 Å². The van der Waals surface area contributed by atoms with Gasteiger partial charge in [0.25, 0.3) is 0 Å². The first-order valence-electron chi connectivity index (χ1n) is 5.68. The van der Waals surface area contributed by atoms with E-state index < -0.39 is 6.10 Å². The Morgan fingerprint density at radius 1 is 1.29 bits per heavy atom. The molecule has 0 saturated heterocycles. The van der Waals surface area contributed by atoms with Crippen molar-refractivity contribution in [3.8, 4) is 0 Å². The molecule has 17 heavy (non-hydrogen) atoms. The number of aliphatic hydroxyl groups is 1. The fraction of sp³-hybridized carbons (Fsp3) is 0.286. The number of benzene rings is 1. The maximum absolute atomic E-state index is 10.3. The van der Waals surface area contributed by atoms with Crippen LogP contribution in [0.1, 0.15) is 28.3 Å². The van der Waals surface area contributed by atoms with Crippen molar-refractivity contribution in [2.75, 3.05) is 5.75 Å². The third-order valence-corrected chi connectivity index (χ3v) is 4.83. The summed E-state index contributed by atoms with van der Waals surface area (Å²) in [4.78, 5) is 3.62. The minimum atomic E-state index is -0.494. The Morgan fingerprint density at radius 3 is 2.65 bits per heavy atom. The first-order valence-corrected chi connectivity index (χ1v) is 7.48. The molecule has 0 aliphatic carbocycles. The van der Waals surface area contributed by atoms with Crippen LogP contribution in [-0.4, -0.2) is 10.9 Å². The summed E-state index contributed by atoms with van der Waals surface area (Å²) in [5.74, 6) is 1.07. The lowest BCUT2D eigenvalue weighted by atomic mass is 10.1. The number of thiophene rings is 1. The van der Waals surface area contributed by atoms with Crippen LogP contribution in [-0.2, 0) is 0 Å². The van der Waals surface area contributed by atoms with Crippen LogP contribution in [0.25, 0.3) is 0 Å². The molecule has 90 valence electrons. The Hall–Kier alpha value is -0.770. The molecule has 1 N–H and O–H groups in total. The maximum atomic E-state index is 10.3. The zero-order valence-corrected chi connectivity index (χ0v) is 11.6. The van der Waals surface area contributed by atoms with Crippen LogP contribution in [0.2, 0.25) is 0 Å². The summed E-state index contributed by atoms with van der Waals surface area (Å²) < 4.78 is 0. The molecule has 1 unspecified atom stereocenters. The van der Waals surface area contributed by atoms with Crippen molar-refractivity contribution >= 4 is 23.1 Å². The minimum Gasteiger partial charge on any atom is -0.383 e. The van der Waals surface area contributed by atoms with E-state index in [2.05, 4.69) is 19.9 Å². The number of hydrogen-bond acceptors (Lipinski definition) is 3. The van der Waals surface area contributed by atoms with Crippen LogP contribution in [0.15, 0.2) is 41.3 Å². The van der Waals surface area contributed by atoms with Gasteiger partial charge in [-0.25, -0.2) is 0 Å². The van der Waals surface area contributed by atoms with E-state index >= 15 is 0 Å². The predicted molar refractivity (Wildman–Crippen MR) is 76.0 cm³/mol. The summed E-state index contributed by atoms with van der Waals surface area (Å²) in [6, 6.07) is 11.9. The molecule has 0 aliphatic rings. The maximum Gasteiger partial charge on any atom is 0.113 e. The number of thioether (sulfide) groups is 1. The van der Waals surface area contributed by atoms with Crippen LogP contribution >= 0.6 is 23.1 Å². The molecular formula is C14H16OS2. The quantitative estimate of drug-likeness (QED) is 0.833. The molecule has 0 bridgehead atoms. The predicted octanol–water partition coefficient (Wildman–Crippen LogP) is 4.25. The van der Waals surface area contributed by atoms with E-state index in [0.29, 0.717) is 0 Å². The summed E-state index contributed by atoms with van der Waals surface area (Å²) >= 11 is 3.52. The number of aliphatic hydroxyl groups excluding tert-OH is 1. The van der Waals surface area contributed by atoms with Gasteiger partial charge < -0.3 is 5.11 Å². The summed E-state index contributed by atoms with van der Waals surface area (Å²) in [7, 11) is 0. The van der Waals surface area contributed by atoms with E-state index in [1.165, 1.54) is 9.77 Å². The van der Waals surface area contributed by atoms with Gasteiger partial charge in [-0.15, -0.1) is 23.1 Å². The van der Waals surface area contributed by atoms with E-state index in [-0.39, 0.29) is 0 Å². The standard InChI is InChI=1S/C14H16OS2/c1-3-16-12-9-13(17-10(12)2)14(15)11-7-5-4-6-8-11/h4-9,14-15H,3H2,1-2H3. The SMILES string of the molecule is CCSc1cc(C(O)c2ccccc2)sc1C. The highest BCUT2D eigenvalue weighted by Gasteiger charge is 2.14. The molecule has 0 aliphatic heterocycles. The molecule has 1 nitrogen and oxygen atoms in total. The minimum absolute atomic E-state index is 0.494. The van der Waals surface area contributed by atoms with Gasteiger partial charge in [0.1, 0.15) is 6.10 Å². The van der Waals surface area contributed by atoms with Gasteiger partial charge in [-0.3, -0.25) is 0 Å². The summed E-state index contributed by atoms with van der Waals surface area (Å²) in [5.41, 5.74) is 0.960. The Balaban J connectivity index is 2.25. The summed E-state index contributed by atoms with van der Waals surface area (Å²) in [6.45, 7) is 4.26. The van der Waals surface area contributed by atoms with Crippen LogP contribution in [0, 0.1) is 6.92 Å². The van der Waals surface area contributed by atoms with E-state index in [1.807, 2.05) is 42.1 Å². The average molecular weight is 264 g/mol. The molecule has 1 atom stereocenters. The van der Waals surface area contributed by atoms with Gasteiger partial charge in [-0.2, -0.15) is 0 Å². The number of rotatable bonds is 4. The summed E-state index contributed by atoms with van der Waals surface area (Å²) in [6.07, 6.45) is -0.494. The molecule has 1 aromatic heterocycles. The van der Waals surface area contributed by atoms with Crippen LogP contribution in [0.4, 0.5) is 0 Å². The molecule has 0 radical (unpaired) electrons. The number of hydrogen-bond donors (Lipinski definition) is 1. The van der Waals surface area contributed by atoms with Crippen molar-refractivity contribution in [2.45, 2.75) is 24.8 Å². The Kier molecular flexibility index (Phi) is 4.26. The van der Waals surface area contributed by atoms with Crippen molar-refractivity contribution in [3.05, 3.63) is 51.7 Å². The fourth-order valence-electron chi connectivity index (χ4n) is 1.72. The normalized spacial score (nSPS) is 12.6. The Morgan fingerprint density at radius 2 is 2.00 bits per heavy atom. The van der Waals surface area contributed by atoms with E-state index in [4.69, 9.17) is 0 Å². The fourth-order valence-corrected chi connectivity index (χ4v) is 3.76. The molecule has 1 aromatic carbocycles. The van der Waals surface area contributed by atoms with Crippen LogP contribution in [0.5, 0.6) is 0 Å². The lowest BCUT2D eigenvalue weighted by molar-refractivity contribution is 0.224. The van der Waals surface area contributed by atoms with Gasteiger partial charge in [0.05, 0.1) is 0 Å². The van der Waals surface area contributed by atoms with Crippen molar-refractivity contribution in [3.63, 3.8) is 0 Å². The summed E-state index contributed by atoms with van der Waals surface area (Å²) in [5, 5.41) is 10.3. The third-order valence-electron chi connectivity index (χ3n) is 2.58. The molecular weight excluding hydrogens is 248 g/mol. The van der Waals surface area contributed by atoms with Gasteiger partial charge >= 0.3 is 0 Å². The van der Waals surface area contributed by atoms with Gasteiger partial charge in [-0.1, -0.05) is 37.3 Å². The zero-order chi connectivity index (χ0) is 12.3. The molecule has 0 amide bonds. The smallest absolute Gasteiger partial charge is 0.113 e. The van der Waals surface area contributed by atoms with Crippen LogP contribution < -0.4 is 0 Å². The van der Waals surface area contributed by atoms with Crippen molar-refractivity contribution in [1.82, 2.24) is 0 Å². The largest absolute Gasteiger partial charge is 0.383 e. The van der Waals surface area contributed by atoms with Crippen molar-refractivity contribution in [1.29, 1.82) is 0 Å². The second-order valence-corrected chi connectivity index (χ2v) is 6.41. The van der Waals surface area contributed by atoms with Gasteiger partial charge in [-0.05, 0) is 24.3 Å². The Labute approximate surface area is 111 Å². The molecule has 0 saturated carbocycles.